The number of piperidine rings is 1. The first-order valence-corrected chi connectivity index (χ1v) is 5.51. The number of rotatable bonds is 3. The molecule has 1 heteroatoms. The summed E-state index contributed by atoms with van der Waals surface area (Å²) in [6.07, 6.45) is 5.49. The summed E-state index contributed by atoms with van der Waals surface area (Å²) in [5.74, 6) is 1.81. The third-order valence-electron chi connectivity index (χ3n) is 3.32. The molecule has 1 fully saturated rings. The van der Waals surface area contributed by atoms with E-state index in [9.17, 15) is 0 Å². The largest absolute Gasteiger partial charge is 0.313 e. The number of hydrogen-bond acceptors (Lipinski definition) is 1. The molecule has 2 atom stereocenters. The molecule has 0 aromatic carbocycles. The van der Waals surface area contributed by atoms with Crippen molar-refractivity contribution >= 4 is 0 Å². The Morgan fingerprint density at radius 3 is 2.33 bits per heavy atom. The van der Waals surface area contributed by atoms with Crippen LogP contribution in [0.4, 0.5) is 0 Å². The summed E-state index contributed by atoms with van der Waals surface area (Å²) in [6, 6.07) is 0.816. The maximum absolute atomic E-state index is 3.67. The van der Waals surface area contributed by atoms with E-state index in [-0.39, 0.29) is 0 Å². The fourth-order valence-corrected chi connectivity index (χ4v) is 2.28. The van der Waals surface area contributed by atoms with Crippen molar-refractivity contribution < 1.29 is 0 Å². The van der Waals surface area contributed by atoms with Crippen molar-refractivity contribution in [1.29, 1.82) is 0 Å². The Kier molecular flexibility index (Phi) is 4.07. The number of nitrogens with one attached hydrogen (secondary N) is 1. The molecule has 1 N–H and O–H groups in total. The predicted octanol–water partition coefficient (Wildman–Crippen LogP) is 2.81. The van der Waals surface area contributed by atoms with Crippen molar-refractivity contribution in [1.82, 2.24) is 5.32 Å². The molecule has 1 aliphatic rings. The molecular weight excluding hydrogens is 146 g/mol. The van der Waals surface area contributed by atoms with E-state index in [1.54, 1.807) is 0 Å². The first kappa shape index (κ1) is 10.0. The third kappa shape index (κ3) is 2.48. The fourth-order valence-electron chi connectivity index (χ4n) is 2.28. The van der Waals surface area contributed by atoms with Crippen molar-refractivity contribution in [3.05, 3.63) is 0 Å². The van der Waals surface area contributed by atoms with Gasteiger partial charge >= 0.3 is 0 Å². The second-order valence-electron chi connectivity index (χ2n) is 4.27. The Bertz CT molecular complexity index is 110. The molecule has 0 amide bonds. The van der Waals surface area contributed by atoms with E-state index in [0.29, 0.717) is 0 Å². The SMILES string of the molecule is CCC(CC)C1CCC(C)CN1. The molecule has 0 aliphatic carbocycles. The summed E-state index contributed by atoms with van der Waals surface area (Å²) in [4.78, 5) is 0. The highest BCUT2D eigenvalue weighted by Crippen LogP contribution is 2.22. The Hall–Kier alpha value is -0.0400. The zero-order chi connectivity index (χ0) is 8.97. The highest BCUT2D eigenvalue weighted by atomic mass is 14.9. The van der Waals surface area contributed by atoms with Gasteiger partial charge in [-0.25, -0.2) is 0 Å². The van der Waals surface area contributed by atoms with Gasteiger partial charge in [-0.2, -0.15) is 0 Å². The van der Waals surface area contributed by atoms with Crippen LogP contribution in [0.25, 0.3) is 0 Å². The molecule has 0 radical (unpaired) electrons. The van der Waals surface area contributed by atoms with Gasteiger partial charge in [-0.05, 0) is 31.2 Å². The van der Waals surface area contributed by atoms with Crippen molar-refractivity contribution in [3.63, 3.8) is 0 Å². The van der Waals surface area contributed by atoms with Crippen molar-refractivity contribution in [2.75, 3.05) is 6.54 Å². The average molecular weight is 169 g/mol. The summed E-state index contributed by atoms with van der Waals surface area (Å²) < 4.78 is 0. The lowest BCUT2D eigenvalue weighted by Crippen LogP contribution is -2.42. The molecule has 0 aromatic heterocycles. The molecule has 1 rings (SSSR count). The monoisotopic (exact) mass is 169 g/mol. The summed E-state index contributed by atoms with van der Waals surface area (Å²) >= 11 is 0. The first-order valence-electron chi connectivity index (χ1n) is 5.51. The van der Waals surface area contributed by atoms with Crippen LogP contribution in [0.2, 0.25) is 0 Å². The van der Waals surface area contributed by atoms with E-state index in [2.05, 4.69) is 26.1 Å². The van der Waals surface area contributed by atoms with Crippen molar-refractivity contribution in [3.8, 4) is 0 Å². The molecule has 1 heterocycles. The van der Waals surface area contributed by atoms with Crippen LogP contribution in [-0.2, 0) is 0 Å². The molecule has 0 aromatic rings. The van der Waals surface area contributed by atoms with Gasteiger partial charge in [0.25, 0.3) is 0 Å². The second-order valence-corrected chi connectivity index (χ2v) is 4.27. The average Bonchev–Trinajstić information content (AvgIpc) is 2.10. The Labute approximate surface area is 76.9 Å². The molecular formula is C11H23N. The zero-order valence-electron chi connectivity index (χ0n) is 8.77. The maximum atomic E-state index is 3.67. The van der Waals surface area contributed by atoms with Crippen molar-refractivity contribution in [2.24, 2.45) is 11.8 Å². The third-order valence-corrected chi connectivity index (χ3v) is 3.32. The summed E-state index contributed by atoms with van der Waals surface area (Å²) in [5, 5.41) is 3.67. The Morgan fingerprint density at radius 1 is 1.25 bits per heavy atom. The van der Waals surface area contributed by atoms with E-state index >= 15 is 0 Å². The molecule has 12 heavy (non-hydrogen) atoms. The molecule has 2 unspecified atom stereocenters. The van der Waals surface area contributed by atoms with Gasteiger partial charge in [0.15, 0.2) is 0 Å². The van der Waals surface area contributed by atoms with E-state index in [4.69, 9.17) is 0 Å². The van der Waals surface area contributed by atoms with E-state index in [1.807, 2.05) is 0 Å². The Morgan fingerprint density at radius 2 is 1.92 bits per heavy atom. The summed E-state index contributed by atoms with van der Waals surface area (Å²) in [6.45, 7) is 8.21. The molecule has 1 saturated heterocycles. The smallest absolute Gasteiger partial charge is 0.00953 e. The van der Waals surface area contributed by atoms with Crippen LogP contribution in [-0.4, -0.2) is 12.6 Å². The van der Waals surface area contributed by atoms with Gasteiger partial charge < -0.3 is 5.32 Å². The van der Waals surface area contributed by atoms with Gasteiger partial charge in [0.2, 0.25) is 0 Å². The molecule has 0 bridgehead atoms. The lowest BCUT2D eigenvalue weighted by Gasteiger charge is -2.33. The van der Waals surface area contributed by atoms with Crippen LogP contribution in [0.1, 0.15) is 46.5 Å². The lowest BCUT2D eigenvalue weighted by atomic mass is 9.85. The summed E-state index contributed by atoms with van der Waals surface area (Å²) in [5.41, 5.74) is 0. The minimum atomic E-state index is 0.816. The molecule has 0 saturated carbocycles. The van der Waals surface area contributed by atoms with Gasteiger partial charge in [-0.3, -0.25) is 0 Å². The van der Waals surface area contributed by atoms with Crippen LogP contribution in [0, 0.1) is 11.8 Å². The van der Waals surface area contributed by atoms with E-state index < -0.39 is 0 Å². The van der Waals surface area contributed by atoms with Gasteiger partial charge in [-0.15, -0.1) is 0 Å². The highest BCUT2D eigenvalue weighted by Gasteiger charge is 2.22. The summed E-state index contributed by atoms with van der Waals surface area (Å²) in [7, 11) is 0. The fraction of sp³-hybridized carbons (Fsp3) is 1.00. The lowest BCUT2D eigenvalue weighted by molar-refractivity contribution is 0.245. The Balaban J connectivity index is 2.32. The minimum Gasteiger partial charge on any atom is -0.313 e. The van der Waals surface area contributed by atoms with Gasteiger partial charge in [-0.1, -0.05) is 33.6 Å². The van der Waals surface area contributed by atoms with Crippen LogP contribution in [0.5, 0.6) is 0 Å². The molecule has 72 valence electrons. The molecule has 0 spiro atoms. The zero-order valence-corrected chi connectivity index (χ0v) is 8.77. The van der Waals surface area contributed by atoms with Gasteiger partial charge in [0, 0.05) is 6.04 Å². The predicted molar refractivity (Wildman–Crippen MR) is 54.3 cm³/mol. The second kappa shape index (κ2) is 4.86. The molecule has 1 nitrogen and oxygen atoms in total. The minimum absolute atomic E-state index is 0.816. The maximum Gasteiger partial charge on any atom is 0.00953 e. The highest BCUT2D eigenvalue weighted by molar-refractivity contribution is 4.80. The van der Waals surface area contributed by atoms with Gasteiger partial charge in [0.1, 0.15) is 0 Å². The van der Waals surface area contributed by atoms with Crippen LogP contribution in [0.3, 0.4) is 0 Å². The first-order chi connectivity index (χ1) is 5.77. The van der Waals surface area contributed by atoms with Crippen molar-refractivity contribution in [2.45, 2.75) is 52.5 Å². The quantitative estimate of drug-likeness (QED) is 0.685. The van der Waals surface area contributed by atoms with Crippen LogP contribution in [0.15, 0.2) is 0 Å². The van der Waals surface area contributed by atoms with Gasteiger partial charge in [0.05, 0.1) is 0 Å². The van der Waals surface area contributed by atoms with E-state index in [1.165, 1.54) is 32.2 Å². The van der Waals surface area contributed by atoms with E-state index in [0.717, 1.165) is 17.9 Å². The normalized spacial score (nSPS) is 31.0. The topological polar surface area (TPSA) is 12.0 Å². The van der Waals surface area contributed by atoms with Crippen LogP contribution < -0.4 is 5.32 Å². The molecule has 1 aliphatic heterocycles. The number of hydrogen-bond donors (Lipinski definition) is 1. The standard InChI is InChI=1S/C11H23N/c1-4-10(5-2)11-7-6-9(3)8-12-11/h9-12H,4-8H2,1-3H3. The van der Waals surface area contributed by atoms with Crippen LogP contribution >= 0.6 is 0 Å².